The fourth-order valence-corrected chi connectivity index (χ4v) is 4.44. The molecule has 1 aliphatic rings. The summed E-state index contributed by atoms with van der Waals surface area (Å²) in [6.45, 7) is 3.07. The van der Waals surface area contributed by atoms with Crippen LogP contribution in [0, 0.1) is 0 Å². The Morgan fingerprint density at radius 1 is 0.914 bits per heavy atom. The molecule has 1 aliphatic heterocycles. The normalized spacial score (nSPS) is 14.3. The van der Waals surface area contributed by atoms with Gasteiger partial charge in [-0.05, 0) is 54.8 Å². The van der Waals surface area contributed by atoms with E-state index in [-0.39, 0.29) is 0 Å². The van der Waals surface area contributed by atoms with E-state index in [1.807, 2.05) is 30.6 Å². The Morgan fingerprint density at radius 3 is 2.49 bits per heavy atom. The Bertz CT molecular complexity index is 1280. The van der Waals surface area contributed by atoms with Crippen molar-refractivity contribution in [2.24, 2.45) is 5.73 Å². The van der Waals surface area contributed by atoms with Crippen LogP contribution in [0.4, 0.5) is 5.69 Å². The van der Waals surface area contributed by atoms with Gasteiger partial charge in [0, 0.05) is 49.2 Å². The average Bonchev–Trinajstić information content (AvgIpc) is 3.30. The Labute approximate surface area is 205 Å². The maximum Gasteiger partial charge on any atom is 0.212 e. The number of fused-ring (bicyclic) bond motifs is 1. The van der Waals surface area contributed by atoms with Gasteiger partial charge in [-0.2, -0.15) is 0 Å². The number of pyridine rings is 1. The second-order valence-corrected chi connectivity index (χ2v) is 8.85. The molecule has 8 heteroatoms. The average molecular weight is 474 g/mol. The van der Waals surface area contributed by atoms with E-state index in [0.717, 1.165) is 48.1 Å². The van der Waals surface area contributed by atoms with Gasteiger partial charge in [-0.15, -0.1) is 0 Å². The number of piperidine rings is 1. The zero-order valence-electron chi connectivity index (χ0n) is 20.2. The lowest BCUT2D eigenvalue weighted by molar-refractivity contribution is 0.283. The van der Waals surface area contributed by atoms with Crippen LogP contribution in [0.5, 0.6) is 17.4 Å². The lowest BCUT2D eigenvalue weighted by Gasteiger charge is -2.32. The van der Waals surface area contributed by atoms with E-state index in [4.69, 9.17) is 19.9 Å². The molecule has 0 amide bonds. The number of ether oxygens (including phenoxy) is 3. The predicted molar refractivity (Wildman–Crippen MR) is 136 cm³/mol. The highest BCUT2D eigenvalue weighted by Gasteiger charge is 2.17. The molecule has 1 saturated heterocycles. The zero-order chi connectivity index (χ0) is 24.2. The van der Waals surface area contributed by atoms with E-state index in [1.165, 1.54) is 5.69 Å². The van der Waals surface area contributed by atoms with Crippen LogP contribution in [0.3, 0.4) is 0 Å². The van der Waals surface area contributed by atoms with Gasteiger partial charge in [-0.3, -0.25) is 0 Å². The molecule has 35 heavy (non-hydrogen) atoms. The van der Waals surface area contributed by atoms with Crippen molar-refractivity contribution in [2.75, 3.05) is 32.2 Å². The van der Waals surface area contributed by atoms with Gasteiger partial charge in [-0.25, -0.2) is 9.97 Å². The van der Waals surface area contributed by atoms with E-state index in [0.29, 0.717) is 36.6 Å². The second kappa shape index (κ2) is 10.2. The molecule has 0 spiro atoms. The Morgan fingerprint density at radius 2 is 1.74 bits per heavy atom. The first-order valence-electron chi connectivity index (χ1n) is 11.9. The first-order chi connectivity index (χ1) is 17.1. The third-order valence-electron chi connectivity index (χ3n) is 6.49. The summed E-state index contributed by atoms with van der Waals surface area (Å²) < 4.78 is 18.9. The van der Waals surface area contributed by atoms with Gasteiger partial charge in [0.15, 0.2) is 11.5 Å². The van der Waals surface area contributed by atoms with Crippen molar-refractivity contribution in [1.29, 1.82) is 0 Å². The monoisotopic (exact) mass is 473 g/mol. The van der Waals surface area contributed by atoms with E-state index in [9.17, 15) is 0 Å². The van der Waals surface area contributed by atoms with Gasteiger partial charge in [0.2, 0.25) is 5.88 Å². The van der Waals surface area contributed by atoms with E-state index in [2.05, 4.69) is 43.7 Å². The number of nitrogens with zero attached hydrogens (tertiary/aromatic N) is 4. The van der Waals surface area contributed by atoms with Crippen LogP contribution in [-0.2, 0) is 13.2 Å². The summed E-state index contributed by atoms with van der Waals surface area (Å²) in [4.78, 5) is 11.3. The molecule has 2 aromatic heterocycles. The molecule has 4 aromatic rings. The second-order valence-electron chi connectivity index (χ2n) is 8.85. The number of anilines is 1. The SMILES string of the molecule is COc1ccc(COc2ccc(Cn3cnc4cc(N5CCC(N)CC5)ccc43)cc2OC)cn1. The Balaban J connectivity index is 1.28. The minimum absolute atomic E-state index is 0.322. The number of hydrogen-bond acceptors (Lipinski definition) is 7. The molecule has 3 heterocycles. The number of methoxy groups -OCH3 is 2. The van der Waals surface area contributed by atoms with E-state index >= 15 is 0 Å². The summed E-state index contributed by atoms with van der Waals surface area (Å²) in [6, 6.07) is 16.6. The fourth-order valence-electron chi connectivity index (χ4n) is 4.44. The van der Waals surface area contributed by atoms with Crippen LogP contribution in [0.2, 0.25) is 0 Å². The van der Waals surface area contributed by atoms with Crippen LogP contribution >= 0.6 is 0 Å². The van der Waals surface area contributed by atoms with Crippen molar-refractivity contribution >= 4 is 16.7 Å². The molecule has 182 valence electrons. The van der Waals surface area contributed by atoms with Crippen molar-refractivity contribution in [3.63, 3.8) is 0 Å². The largest absolute Gasteiger partial charge is 0.493 e. The summed E-state index contributed by atoms with van der Waals surface area (Å²) in [5.74, 6) is 1.96. The van der Waals surface area contributed by atoms with Gasteiger partial charge in [0.25, 0.3) is 0 Å². The quantitative estimate of drug-likeness (QED) is 0.414. The first kappa shape index (κ1) is 23.0. The lowest BCUT2D eigenvalue weighted by Crippen LogP contribution is -2.39. The Kier molecular flexibility index (Phi) is 6.72. The Hall–Kier alpha value is -3.78. The molecule has 0 aliphatic carbocycles. The van der Waals surface area contributed by atoms with Crippen LogP contribution in [-0.4, -0.2) is 47.9 Å². The van der Waals surface area contributed by atoms with Crippen molar-refractivity contribution < 1.29 is 14.2 Å². The summed E-state index contributed by atoms with van der Waals surface area (Å²) in [6.07, 6.45) is 5.71. The van der Waals surface area contributed by atoms with Gasteiger partial charge in [0.05, 0.1) is 31.6 Å². The van der Waals surface area contributed by atoms with Gasteiger partial charge in [0.1, 0.15) is 6.61 Å². The number of rotatable bonds is 8. The minimum Gasteiger partial charge on any atom is -0.493 e. The maximum atomic E-state index is 6.06. The first-order valence-corrected chi connectivity index (χ1v) is 11.9. The highest BCUT2D eigenvalue weighted by atomic mass is 16.5. The third kappa shape index (κ3) is 5.17. The molecule has 8 nitrogen and oxygen atoms in total. The number of aromatic nitrogens is 3. The van der Waals surface area contributed by atoms with E-state index < -0.39 is 0 Å². The molecule has 1 fully saturated rings. The van der Waals surface area contributed by atoms with Crippen molar-refractivity contribution in [3.05, 3.63) is 72.2 Å². The van der Waals surface area contributed by atoms with Crippen LogP contribution in [0.15, 0.2) is 61.1 Å². The number of imidazole rings is 1. The van der Waals surface area contributed by atoms with Crippen LogP contribution in [0.1, 0.15) is 24.0 Å². The number of hydrogen-bond donors (Lipinski definition) is 1. The van der Waals surface area contributed by atoms with E-state index in [1.54, 1.807) is 20.4 Å². The molecule has 0 unspecified atom stereocenters. The molecule has 5 rings (SSSR count). The highest BCUT2D eigenvalue weighted by molar-refractivity contribution is 5.80. The summed E-state index contributed by atoms with van der Waals surface area (Å²) in [7, 11) is 3.25. The topological polar surface area (TPSA) is 87.7 Å². The fraction of sp³-hybridized carbons (Fsp3) is 0.333. The molecule has 0 atom stereocenters. The smallest absolute Gasteiger partial charge is 0.212 e. The van der Waals surface area contributed by atoms with Crippen molar-refractivity contribution in [3.8, 4) is 17.4 Å². The van der Waals surface area contributed by atoms with Crippen molar-refractivity contribution in [2.45, 2.75) is 32.0 Å². The van der Waals surface area contributed by atoms with Gasteiger partial charge < -0.3 is 29.4 Å². The molecule has 0 saturated carbocycles. The van der Waals surface area contributed by atoms with Gasteiger partial charge >= 0.3 is 0 Å². The van der Waals surface area contributed by atoms with Crippen LogP contribution in [0.25, 0.3) is 11.0 Å². The molecule has 2 aromatic carbocycles. The van der Waals surface area contributed by atoms with Gasteiger partial charge in [-0.1, -0.05) is 6.07 Å². The predicted octanol–water partition coefficient (Wildman–Crippen LogP) is 4.00. The zero-order valence-corrected chi connectivity index (χ0v) is 20.2. The third-order valence-corrected chi connectivity index (χ3v) is 6.49. The highest BCUT2D eigenvalue weighted by Crippen LogP contribution is 2.30. The summed E-state index contributed by atoms with van der Waals surface area (Å²) in [5.41, 5.74) is 11.4. The molecule has 0 radical (unpaired) electrons. The van der Waals surface area contributed by atoms with Crippen LogP contribution < -0.4 is 24.8 Å². The lowest BCUT2D eigenvalue weighted by atomic mass is 10.1. The molecular formula is C27H31N5O3. The molecule has 2 N–H and O–H groups in total. The summed E-state index contributed by atoms with van der Waals surface area (Å²) >= 11 is 0. The number of nitrogens with two attached hydrogens (primary N) is 1. The minimum atomic E-state index is 0.322. The molecule has 0 bridgehead atoms. The summed E-state index contributed by atoms with van der Waals surface area (Å²) in [5, 5.41) is 0. The maximum absolute atomic E-state index is 6.06. The molecular weight excluding hydrogens is 442 g/mol. The number of benzene rings is 2. The standard InChI is InChI=1S/C27H31N5O3/c1-33-26-13-19(3-7-25(26)35-17-20-4-8-27(34-2)29-15-20)16-32-18-30-23-14-22(5-6-24(23)32)31-11-9-21(28)10-12-31/h3-8,13-15,18,21H,9-12,16-17,28H2,1-2H3. The van der Waals surface area contributed by atoms with Crippen molar-refractivity contribution in [1.82, 2.24) is 14.5 Å².